The zero-order valence-corrected chi connectivity index (χ0v) is 11.9. The number of benzene rings is 1. The van der Waals surface area contributed by atoms with Crippen molar-refractivity contribution in [3.05, 3.63) is 29.3 Å². The second kappa shape index (κ2) is 6.43. The minimum atomic E-state index is -0.0388. The molecule has 1 heterocycles. The predicted molar refractivity (Wildman–Crippen MR) is 74.1 cm³/mol. The van der Waals surface area contributed by atoms with Crippen molar-refractivity contribution in [1.29, 1.82) is 0 Å². The fraction of sp³-hybridized carbons (Fsp3) is 0.533. The van der Waals surface area contributed by atoms with Crippen LogP contribution in [0, 0.1) is 12.8 Å². The molecule has 0 saturated heterocycles. The summed E-state index contributed by atoms with van der Waals surface area (Å²) in [7, 11) is 0. The Balaban J connectivity index is 0.000000357. The van der Waals surface area contributed by atoms with Crippen molar-refractivity contribution in [3.63, 3.8) is 0 Å². The average Bonchev–Trinajstić information content (AvgIpc) is 2.38. The number of carbonyl (C=O) groups excluding carboxylic acids is 1. The van der Waals surface area contributed by atoms with Gasteiger partial charge in [-0.25, -0.2) is 0 Å². The summed E-state index contributed by atoms with van der Waals surface area (Å²) in [5.74, 6) is 1.48. The summed E-state index contributed by atoms with van der Waals surface area (Å²) in [4.78, 5) is 11.7. The Bertz CT molecular complexity index is 410. The lowest BCUT2D eigenvalue weighted by Gasteiger charge is -2.07. The minimum Gasteiger partial charge on any atom is -0.491 e. The standard InChI is InChI=1S/C11H13NO2.C4H10/c1-7-4-3-5-9-10(7)11(13)12-8(2)6-14-9;1-4(2)3/h3-5,8H,6H2,1-2H3,(H,12,13);4H,1-3H3. The third kappa shape index (κ3) is 4.06. The second-order valence-corrected chi connectivity index (χ2v) is 5.37. The van der Waals surface area contributed by atoms with E-state index in [4.69, 9.17) is 4.74 Å². The lowest BCUT2D eigenvalue weighted by molar-refractivity contribution is 0.0942. The zero-order chi connectivity index (χ0) is 13.7. The van der Waals surface area contributed by atoms with Gasteiger partial charge in [-0.15, -0.1) is 0 Å². The molecule has 0 bridgehead atoms. The van der Waals surface area contributed by atoms with E-state index >= 15 is 0 Å². The Labute approximate surface area is 110 Å². The van der Waals surface area contributed by atoms with Gasteiger partial charge in [-0.2, -0.15) is 0 Å². The van der Waals surface area contributed by atoms with Crippen LogP contribution in [0.1, 0.15) is 43.6 Å². The highest BCUT2D eigenvalue weighted by atomic mass is 16.5. The molecular formula is C15H23NO2. The van der Waals surface area contributed by atoms with Gasteiger partial charge in [-0.05, 0) is 31.4 Å². The van der Waals surface area contributed by atoms with Crippen LogP contribution in [0.25, 0.3) is 0 Å². The van der Waals surface area contributed by atoms with Crippen molar-refractivity contribution in [1.82, 2.24) is 5.32 Å². The Kier molecular flexibility index (Phi) is 5.20. The fourth-order valence-corrected chi connectivity index (χ4v) is 1.60. The number of nitrogens with one attached hydrogen (secondary N) is 1. The molecule has 1 unspecified atom stereocenters. The molecule has 0 aromatic heterocycles. The maximum Gasteiger partial charge on any atom is 0.255 e. The summed E-state index contributed by atoms with van der Waals surface area (Å²) in [6.45, 7) is 10.9. The Morgan fingerprint density at radius 2 is 1.94 bits per heavy atom. The largest absolute Gasteiger partial charge is 0.491 e. The van der Waals surface area contributed by atoms with Gasteiger partial charge in [0.1, 0.15) is 12.4 Å². The lowest BCUT2D eigenvalue weighted by Crippen LogP contribution is -2.34. The van der Waals surface area contributed by atoms with Crippen LogP contribution in [0.3, 0.4) is 0 Å². The first-order chi connectivity index (χ1) is 8.41. The van der Waals surface area contributed by atoms with Crippen LogP contribution >= 0.6 is 0 Å². The molecule has 0 saturated carbocycles. The number of rotatable bonds is 0. The lowest BCUT2D eigenvalue weighted by atomic mass is 10.1. The maximum atomic E-state index is 11.7. The number of hydrogen-bond donors (Lipinski definition) is 1. The Morgan fingerprint density at radius 1 is 1.33 bits per heavy atom. The molecule has 2 rings (SSSR count). The molecule has 0 aliphatic carbocycles. The molecule has 1 atom stereocenters. The third-order valence-corrected chi connectivity index (χ3v) is 2.33. The van der Waals surface area contributed by atoms with Crippen molar-refractivity contribution >= 4 is 5.91 Å². The number of carbonyl (C=O) groups is 1. The number of amides is 1. The van der Waals surface area contributed by atoms with E-state index in [1.54, 1.807) is 0 Å². The summed E-state index contributed by atoms with van der Waals surface area (Å²) in [5.41, 5.74) is 1.62. The van der Waals surface area contributed by atoms with Gasteiger partial charge in [-0.1, -0.05) is 32.9 Å². The van der Waals surface area contributed by atoms with E-state index in [0.29, 0.717) is 17.9 Å². The molecule has 100 valence electrons. The van der Waals surface area contributed by atoms with E-state index in [-0.39, 0.29) is 11.9 Å². The number of fused-ring (bicyclic) bond motifs is 1. The molecule has 1 aliphatic heterocycles. The molecule has 1 amide bonds. The third-order valence-electron chi connectivity index (χ3n) is 2.33. The SMILES string of the molecule is CC(C)C.Cc1cccc2c1C(=O)NC(C)CO2. The monoisotopic (exact) mass is 249 g/mol. The van der Waals surface area contributed by atoms with Crippen LogP contribution in [0.5, 0.6) is 5.75 Å². The maximum absolute atomic E-state index is 11.7. The topological polar surface area (TPSA) is 38.3 Å². The molecule has 0 spiro atoms. The molecule has 1 aromatic carbocycles. The van der Waals surface area contributed by atoms with Crippen LogP contribution in [0.2, 0.25) is 0 Å². The highest BCUT2D eigenvalue weighted by molar-refractivity contribution is 5.98. The second-order valence-electron chi connectivity index (χ2n) is 5.37. The molecular weight excluding hydrogens is 226 g/mol. The zero-order valence-electron chi connectivity index (χ0n) is 11.9. The van der Waals surface area contributed by atoms with E-state index in [1.807, 2.05) is 32.0 Å². The molecule has 0 fully saturated rings. The van der Waals surface area contributed by atoms with Gasteiger partial charge in [0, 0.05) is 0 Å². The van der Waals surface area contributed by atoms with Gasteiger partial charge >= 0.3 is 0 Å². The van der Waals surface area contributed by atoms with E-state index in [9.17, 15) is 4.79 Å². The van der Waals surface area contributed by atoms with Crippen LogP contribution in [0.15, 0.2) is 18.2 Å². The normalized spacial score (nSPS) is 17.9. The van der Waals surface area contributed by atoms with Gasteiger partial charge in [0.25, 0.3) is 5.91 Å². The first kappa shape index (κ1) is 14.6. The number of aryl methyl sites for hydroxylation is 1. The molecule has 3 nitrogen and oxygen atoms in total. The van der Waals surface area contributed by atoms with Crippen molar-refractivity contribution < 1.29 is 9.53 Å². The van der Waals surface area contributed by atoms with Crippen LogP contribution in [-0.4, -0.2) is 18.6 Å². The van der Waals surface area contributed by atoms with E-state index in [0.717, 1.165) is 11.5 Å². The predicted octanol–water partition coefficient (Wildman–Crippen LogP) is 3.17. The molecule has 1 N–H and O–H groups in total. The van der Waals surface area contributed by atoms with Crippen LogP contribution < -0.4 is 10.1 Å². The minimum absolute atomic E-state index is 0.0388. The van der Waals surface area contributed by atoms with E-state index in [1.165, 1.54) is 0 Å². The van der Waals surface area contributed by atoms with Crippen molar-refractivity contribution in [3.8, 4) is 5.75 Å². The smallest absolute Gasteiger partial charge is 0.255 e. The highest BCUT2D eigenvalue weighted by Gasteiger charge is 2.21. The van der Waals surface area contributed by atoms with Crippen molar-refractivity contribution in [2.24, 2.45) is 5.92 Å². The Morgan fingerprint density at radius 3 is 2.56 bits per heavy atom. The molecule has 1 aromatic rings. The molecule has 18 heavy (non-hydrogen) atoms. The van der Waals surface area contributed by atoms with Crippen molar-refractivity contribution in [2.45, 2.75) is 40.7 Å². The quantitative estimate of drug-likeness (QED) is 0.767. The van der Waals surface area contributed by atoms with Crippen LogP contribution in [-0.2, 0) is 0 Å². The summed E-state index contributed by atoms with van der Waals surface area (Å²) >= 11 is 0. The molecule has 1 aliphatic rings. The van der Waals surface area contributed by atoms with E-state index < -0.39 is 0 Å². The first-order valence-corrected chi connectivity index (χ1v) is 6.45. The highest BCUT2D eigenvalue weighted by Crippen LogP contribution is 2.23. The molecule has 0 radical (unpaired) electrons. The summed E-state index contributed by atoms with van der Waals surface area (Å²) in [6, 6.07) is 5.71. The summed E-state index contributed by atoms with van der Waals surface area (Å²) < 4.78 is 5.53. The number of ether oxygens (including phenoxy) is 1. The molecule has 3 heteroatoms. The van der Waals surface area contributed by atoms with Crippen molar-refractivity contribution in [2.75, 3.05) is 6.61 Å². The van der Waals surface area contributed by atoms with Gasteiger partial charge in [-0.3, -0.25) is 4.79 Å². The van der Waals surface area contributed by atoms with Crippen LogP contribution in [0.4, 0.5) is 0 Å². The fourth-order valence-electron chi connectivity index (χ4n) is 1.60. The van der Waals surface area contributed by atoms with Gasteiger partial charge < -0.3 is 10.1 Å². The van der Waals surface area contributed by atoms with Gasteiger partial charge in [0.2, 0.25) is 0 Å². The Hall–Kier alpha value is -1.51. The van der Waals surface area contributed by atoms with Gasteiger partial charge in [0.05, 0.1) is 11.6 Å². The average molecular weight is 249 g/mol. The first-order valence-electron chi connectivity index (χ1n) is 6.45. The summed E-state index contributed by atoms with van der Waals surface area (Å²) in [6.07, 6.45) is 0. The summed E-state index contributed by atoms with van der Waals surface area (Å²) in [5, 5.41) is 2.87. The number of hydrogen-bond acceptors (Lipinski definition) is 2. The van der Waals surface area contributed by atoms with E-state index in [2.05, 4.69) is 26.1 Å². The van der Waals surface area contributed by atoms with Gasteiger partial charge in [0.15, 0.2) is 0 Å².